The molecule has 1 aromatic rings. The van der Waals surface area contributed by atoms with Crippen LogP contribution in [-0.2, 0) is 14.4 Å². The molecule has 0 bridgehead atoms. The van der Waals surface area contributed by atoms with Crippen LogP contribution in [0.2, 0.25) is 0 Å². The zero-order valence-electron chi connectivity index (χ0n) is 10.6. The summed E-state index contributed by atoms with van der Waals surface area (Å²) in [4.78, 5) is 32.3. The summed E-state index contributed by atoms with van der Waals surface area (Å²) in [5.41, 5.74) is 2.44. The smallest absolute Gasteiger partial charge is 0.329 e. The van der Waals surface area contributed by atoms with Crippen LogP contribution in [-0.4, -0.2) is 37.7 Å². The van der Waals surface area contributed by atoms with E-state index in [2.05, 4.69) is 10.4 Å². The van der Waals surface area contributed by atoms with Crippen molar-refractivity contribution in [2.75, 3.05) is 13.7 Å². The van der Waals surface area contributed by atoms with Gasteiger partial charge in [-0.1, -0.05) is 12.1 Å². The van der Waals surface area contributed by atoms with E-state index in [9.17, 15) is 19.5 Å². The maximum atomic E-state index is 11.1. The Kier molecular flexibility index (Phi) is 5.70. The number of carboxylic acids is 1. The number of nitrogens with one attached hydrogen (secondary N) is 2. The molecule has 0 aromatic heterocycles. The standard InChI is InChI=1S/C12H13N3O5/c1-13-11(18)12(19)15-14-6-8-4-2-3-5-9(8)20-7-10(16)17/h2-6H,7H2,1H3,(H,13,18)(H,15,19)(H,16,17)/p-1/b14-6-. The second-order valence-corrected chi connectivity index (χ2v) is 3.48. The quantitative estimate of drug-likeness (QED) is 0.367. The van der Waals surface area contributed by atoms with Gasteiger partial charge in [0.2, 0.25) is 0 Å². The molecule has 8 heteroatoms. The predicted molar refractivity (Wildman–Crippen MR) is 66.7 cm³/mol. The number of hydrogen-bond donors (Lipinski definition) is 2. The van der Waals surface area contributed by atoms with E-state index in [1.807, 2.05) is 5.43 Å². The van der Waals surface area contributed by atoms with Gasteiger partial charge >= 0.3 is 11.8 Å². The first-order chi connectivity index (χ1) is 9.54. The molecule has 1 aromatic carbocycles. The van der Waals surface area contributed by atoms with Gasteiger partial charge in [-0.15, -0.1) is 0 Å². The molecular weight excluding hydrogens is 266 g/mol. The van der Waals surface area contributed by atoms with E-state index in [-0.39, 0.29) is 5.75 Å². The van der Waals surface area contributed by atoms with E-state index >= 15 is 0 Å². The fourth-order valence-corrected chi connectivity index (χ4v) is 1.18. The van der Waals surface area contributed by atoms with Crippen molar-refractivity contribution in [3.8, 4) is 5.75 Å². The highest BCUT2D eigenvalue weighted by atomic mass is 16.5. The molecule has 20 heavy (non-hydrogen) atoms. The van der Waals surface area contributed by atoms with Crippen LogP contribution in [0.5, 0.6) is 5.75 Å². The van der Waals surface area contributed by atoms with Gasteiger partial charge in [-0.2, -0.15) is 5.10 Å². The Labute approximate surface area is 114 Å². The van der Waals surface area contributed by atoms with Crippen LogP contribution in [0.15, 0.2) is 29.4 Å². The Morgan fingerprint density at radius 1 is 1.30 bits per heavy atom. The number of ether oxygens (including phenoxy) is 1. The molecular formula is C12H12N3O5-. The number of rotatable bonds is 5. The molecule has 1 rings (SSSR count). The third kappa shape index (κ3) is 4.77. The second kappa shape index (κ2) is 7.52. The van der Waals surface area contributed by atoms with Crippen LogP contribution in [0.4, 0.5) is 0 Å². The first-order valence-electron chi connectivity index (χ1n) is 5.51. The Morgan fingerprint density at radius 3 is 2.65 bits per heavy atom. The summed E-state index contributed by atoms with van der Waals surface area (Å²) in [6.07, 6.45) is 1.23. The van der Waals surface area contributed by atoms with Crippen LogP contribution >= 0.6 is 0 Å². The molecule has 0 aliphatic heterocycles. The molecule has 0 aliphatic rings. The molecule has 0 unspecified atom stereocenters. The first kappa shape index (κ1) is 15.2. The number of hydrazone groups is 1. The normalized spacial score (nSPS) is 10.1. The highest BCUT2D eigenvalue weighted by molar-refractivity contribution is 6.34. The Bertz CT molecular complexity index is 542. The lowest BCUT2D eigenvalue weighted by molar-refractivity contribution is -0.307. The molecule has 0 aliphatic carbocycles. The maximum absolute atomic E-state index is 11.1. The largest absolute Gasteiger partial charge is 0.546 e. The Balaban J connectivity index is 2.69. The molecule has 0 atom stereocenters. The molecule has 0 spiro atoms. The lowest BCUT2D eigenvalue weighted by Crippen LogP contribution is -2.35. The minimum atomic E-state index is -1.36. The van der Waals surface area contributed by atoms with Gasteiger partial charge in [-0.05, 0) is 12.1 Å². The topological polar surface area (TPSA) is 120 Å². The average Bonchev–Trinajstić information content (AvgIpc) is 2.45. The molecule has 0 saturated carbocycles. The Morgan fingerprint density at radius 2 is 2.00 bits per heavy atom. The summed E-state index contributed by atoms with van der Waals surface area (Å²) < 4.78 is 4.98. The van der Waals surface area contributed by atoms with E-state index in [1.165, 1.54) is 19.3 Å². The molecule has 2 N–H and O–H groups in total. The molecule has 8 nitrogen and oxygen atoms in total. The molecule has 0 radical (unpaired) electrons. The van der Waals surface area contributed by atoms with Gasteiger partial charge in [0.05, 0.1) is 12.2 Å². The highest BCUT2D eigenvalue weighted by Crippen LogP contribution is 2.15. The van der Waals surface area contributed by atoms with E-state index in [0.29, 0.717) is 5.56 Å². The third-order valence-electron chi connectivity index (χ3n) is 2.07. The van der Waals surface area contributed by atoms with Crippen molar-refractivity contribution in [2.45, 2.75) is 0 Å². The molecule has 0 fully saturated rings. The van der Waals surface area contributed by atoms with E-state index in [0.717, 1.165) is 0 Å². The number of aliphatic carboxylic acids is 1. The van der Waals surface area contributed by atoms with Crippen LogP contribution in [0, 0.1) is 0 Å². The van der Waals surface area contributed by atoms with E-state index in [4.69, 9.17) is 4.74 Å². The molecule has 0 heterocycles. The average molecular weight is 278 g/mol. The minimum absolute atomic E-state index is 0.259. The highest BCUT2D eigenvalue weighted by Gasteiger charge is 2.09. The van der Waals surface area contributed by atoms with Gasteiger partial charge in [0.25, 0.3) is 0 Å². The van der Waals surface area contributed by atoms with E-state index in [1.54, 1.807) is 18.2 Å². The van der Waals surface area contributed by atoms with Crippen molar-refractivity contribution in [3.63, 3.8) is 0 Å². The fourth-order valence-electron chi connectivity index (χ4n) is 1.18. The SMILES string of the molecule is CNC(=O)C(=O)N/N=C\c1ccccc1OCC(=O)[O-]. The van der Waals surface area contributed by atoms with Crippen molar-refractivity contribution in [3.05, 3.63) is 29.8 Å². The van der Waals surface area contributed by atoms with E-state index < -0.39 is 24.4 Å². The zero-order chi connectivity index (χ0) is 15.0. The number of carbonyl (C=O) groups is 3. The van der Waals surface area contributed by atoms with Crippen molar-refractivity contribution < 1.29 is 24.2 Å². The Hall–Kier alpha value is -2.90. The number of carbonyl (C=O) groups excluding carboxylic acids is 3. The summed E-state index contributed by atoms with van der Waals surface area (Å²) in [5, 5.41) is 16.0. The number of amides is 2. The van der Waals surface area contributed by atoms with Crippen LogP contribution in [0.3, 0.4) is 0 Å². The number of para-hydroxylation sites is 1. The zero-order valence-corrected chi connectivity index (χ0v) is 10.6. The second-order valence-electron chi connectivity index (χ2n) is 3.48. The summed E-state index contributed by atoms with van der Waals surface area (Å²) in [5.74, 6) is -2.85. The minimum Gasteiger partial charge on any atom is -0.546 e. The monoisotopic (exact) mass is 278 g/mol. The third-order valence-corrected chi connectivity index (χ3v) is 2.07. The number of likely N-dealkylation sites (N-methyl/N-ethyl adjacent to an activating group) is 1. The fraction of sp³-hybridized carbons (Fsp3) is 0.167. The summed E-state index contributed by atoms with van der Waals surface area (Å²) in [7, 11) is 1.31. The number of hydrogen-bond acceptors (Lipinski definition) is 6. The summed E-state index contributed by atoms with van der Waals surface area (Å²) in [6, 6.07) is 6.45. The van der Waals surface area contributed by atoms with Crippen LogP contribution in [0.25, 0.3) is 0 Å². The predicted octanol–water partition coefficient (Wildman–Crippen LogP) is -1.99. The van der Waals surface area contributed by atoms with Crippen LogP contribution < -0.4 is 20.6 Å². The van der Waals surface area contributed by atoms with Gasteiger partial charge in [0.15, 0.2) is 0 Å². The van der Waals surface area contributed by atoms with Gasteiger partial charge in [0, 0.05) is 12.6 Å². The number of carboxylic acid groups (broad SMARTS) is 1. The van der Waals surface area contributed by atoms with Gasteiger partial charge in [0.1, 0.15) is 12.4 Å². The molecule has 2 amide bonds. The first-order valence-corrected chi connectivity index (χ1v) is 5.51. The molecule has 106 valence electrons. The summed E-state index contributed by atoms with van der Waals surface area (Å²) in [6.45, 7) is -0.602. The van der Waals surface area contributed by atoms with Crippen LogP contribution in [0.1, 0.15) is 5.56 Å². The molecule has 0 saturated heterocycles. The number of nitrogens with zero attached hydrogens (tertiary/aromatic N) is 1. The van der Waals surface area contributed by atoms with Gasteiger partial charge < -0.3 is 20.0 Å². The maximum Gasteiger partial charge on any atom is 0.329 e. The van der Waals surface area contributed by atoms with Crippen molar-refractivity contribution in [2.24, 2.45) is 5.10 Å². The van der Waals surface area contributed by atoms with Gasteiger partial charge in [-0.3, -0.25) is 9.59 Å². The lowest BCUT2D eigenvalue weighted by atomic mass is 10.2. The van der Waals surface area contributed by atoms with Crippen molar-refractivity contribution >= 4 is 24.0 Å². The van der Waals surface area contributed by atoms with Crippen molar-refractivity contribution in [1.29, 1.82) is 0 Å². The lowest BCUT2D eigenvalue weighted by Gasteiger charge is -2.08. The van der Waals surface area contributed by atoms with Gasteiger partial charge in [-0.25, -0.2) is 5.43 Å². The number of benzene rings is 1. The summed E-state index contributed by atoms with van der Waals surface area (Å²) >= 11 is 0. The van der Waals surface area contributed by atoms with Crippen molar-refractivity contribution in [1.82, 2.24) is 10.7 Å².